The van der Waals surface area contributed by atoms with Gasteiger partial charge in [-0.15, -0.1) is 0 Å². The van der Waals surface area contributed by atoms with Crippen molar-refractivity contribution in [1.82, 2.24) is 0 Å². The maximum Gasteiger partial charge on any atom is 0.311 e. The van der Waals surface area contributed by atoms with E-state index >= 15 is 0 Å². The molecule has 0 aromatic rings. The number of hydrogen-bond acceptors (Lipinski definition) is 9. The first-order valence-electron chi connectivity index (χ1n) is 14.3. The SMILES string of the molecule is [2H]CC(C)(C)C(=O)OC[C@H]1OC(Br)[C@H](OC(=O)C(C)(C)C[2H])[C@@H](OC(=O)C(C)(C)C[2H])[C@@H]1OC(=O)C(C)(C)C[2H]. The predicted molar refractivity (Wildman–Crippen MR) is 136 cm³/mol. The van der Waals surface area contributed by atoms with E-state index in [1.165, 1.54) is 55.4 Å². The standard InChI is InChI=1S/C26H43BrO9/c1-23(2,3)19(28)32-13-14-15(34-20(29)24(4,5)6)16(35-21(30)25(7,8)9)17(18(27)33-14)36-22(31)26(10,11)12/h14-18H,13H2,1-12H3/t14-,15-,16+,17-,18?/m1/s1/i1D,4D,7D,10D. The number of carbonyl (C=O) groups excluding carboxylic acids is 4. The second-order valence-corrected chi connectivity index (χ2v) is 12.7. The van der Waals surface area contributed by atoms with E-state index in [4.69, 9.17) is 29.2 Å². The second kappa shape index (κ2) is 11.4. The Morgan fingerprint density at radius 1 is 0.667 bits per heavy atom. The van der Waals surface area contributed by atoms with Gasteiger partial charge in [-0.1, -0.05) is 15.9 Å². The molecule has 0 saturated carbocycles. The van der Waals surface area contributed by atoms with Crippen molar-refractivity contribution in [1.29, 1.82) is 0 Å². The van der Waals surface area contributed by atoms with Crippen LogP contribution in [0.15, 0.2) is 0 Å². The van der Waals surface area contributed by atoms with E-state index in [0.717, 1.165) is 0 Å². The summed E-state index contributed by atoms with van der Waals surface area (Å²) in [6.45, 7) is 10.4. The molecule has 0 spiro atoms. The summed E-state index contributed by atoms with van der Waals surface area (Å²) in [6, 6.07) is 0. The van der Waals surface area contributed by atoms with Gasteiger partial charge in [0.2, 0.25) is 0 Å². The zero-order valence-corrected chi connectivity index (χ0v) is 24.1. The Kier molecular flexibility index (Phi) is 8.20. The van der Waals surface area contributed by atoms with Crippen molar-refractivity contribution < 1.29 is 48.3 Å². The Labute approximate surface area is 229 Å². The summed E-state index contributed by atoms with van der Waals surface area (Å²) in [5, 5.41) is -1.12. The van der Waals surface area contributed by atoms with Crippen LogP contribution in [0.5, 0.6) is 0 Å². The van der Waals surface area contributed by atoms with Gasteiger partial charge in [0.05, 0.1) is 21.7 Å². The molecule has 1 fully saturated rings. The van der Waals surface area contributed by atoms with Crippen LogP contribution in [0.25, 0.3) is 0 Å². The summed E-state index contributed by atoms with van der Waals surface area (Å²) in [4.78, 5) is 51.8. The number of ether oxygens (including phenoxy) is 5. The average Bonchev–Trinajstić information content (AvgIpc) is 2.89. The zero-order valence-electron chi connectivity index (χ0n) is 26.5. The van der Waals surface area contributed by atoms with Gasteiger partial charge in [0, 0.05) is 5.48 Å². The molecule has 1 unspecified atom stereocenters. The van der Waals surface area contributed by atoms with E-state index in [0.29, 0.717) is 0 Å². The lowest BCUT2D eigenvalue weighted by Crippen LogP contribution is -2.62. The number of halogens is 1. The lowest BCUT2D eigenvalue weighted by Gasteiger charge is -2.44. The van der Waals surface area contributed by atoms with E-state index in [2.05, 4.69) is 15.9 Å². The Bertz CT molecular complexity index is 926. The third kappa shape index (κ3) is 9.01. The van der Waals surface area contributed by atoms with Gasteiger partial charge < -0.3 is 23.7 Å². The number of hydrogen-bond donors (Lipinski definition) is 0. The van der Waals surface area contributed by atoms with Crippen molar-refractivity contribution in [3.8, 4) is 0 Å². The molecule has 0 radical (unpaired) electrons. The average molecular weight is 584 g/mol. The Morgan fingerprint density at radius 2 is 1.03 bits per heavy atom. The minimum atomic E-state index is -1.47. The van der Waals surface area contributed by atoms with Gasteiger partial charge in [-0.25, -0.2) is 0 Å². The maximum atomic E-state index is 13.1. The van der Waals surface area contributed by atoms with E-state index < -0.39 is 81.6 Å². The van der Waals surface area contributed by atoms with Crippen LogP contribution in [0.4, 0.5) is 0 Å². The summed E-state index contributed by atoms with van der Waals surface area (Å²) >= 11 is 3.30. The number of rotatable bonds is 5. The maximum absolute atomic E-state index is 13.1. The highest BCUT2D eigenvalue weighted by Crippen LogP contribution is 2.35. The molecule has 0 aliphatic carbocycles. The molecular weight excluding hydrogens is 536 g/mol. The van der Waals surface area contributed by atoms with E-state index in [-0.39, 0.29) is 27.6 Å². The first-order chi connectivity index (χ1) is 18.2. The summed E-state index contributed by atoms with van der Waals surface area (Å²) in [7, 11) is 0. The molecule has 1 aliphatic rings. The van der Waals surface area contributed by atoms with Crippen molar-refractivity contribution in [3.05, 3.63) is 0 Å². The molecule has 1 saturated heterocycles. The smallest absolute Gasteiger partial charge is 0.311 e. The quantitative estimate of drug-likeness (QED) is 0.261. The normalized spacial score (nSPS) is 27.0. The Balaban J connectivity index is 3.60. The zero-order chi connectivity index (χ0) is 31.3. The fourth-order valence-corrected chi connectivity index (χ4v) is 3.29. The number of carbonyl (C=O) groups is 4. The lowest BCUT2D eigenvalue weighted by atomic mass is 9.93. The summed E-state index contributed by atoms with van der Waals surface area (Å²) in [5.74, 6) is -3.16. The van der Waals surface area contributed by atoms with Crippen LogP contribution >= 0.6 is 15.9 Å². The van der Waals surface area contributed by atoms with Gasteiger partial charge in [-0.3, -0.25) is 19.2 Å². The second-order valence-electron chi connectivity index (χ2n) is 11.8. The van der Waals surface area contributed by atoms with Crippen LogP contribution in [0.1, 0.15) is 88.5 Å². The molecule has 1 heterocycles. The minimum Gasteiger partial charge on any atom is -0.462 e. The van der Waals surface area contributed by atoms with Gasteiger partial charge in [-0.2, -0.15) is 0 Å². The predicted octanol–water partition coefficient (Wildman–Crippen LogP) is 4.57. The first-order valence-corrected chi connectivity index (χ1v) is 12.4. The minimum absolute atomic E-state index is 0.249. The van der Waals surface area contributed by atoms with Crippen LogP contribution in [0, 0.1) is 21.7 Å². The van der Waals surface area contributed by atoms with Crippen LogP contribution in [0.3, 0.4) is 0 Å². The fraction of sp³-hybridized carbons (Fsp3) is 0.846. The molecule has 208 valence electrons. The van der Waals surface area contributed by atoms with Crippen LogP contribution in [-0.4, -0.2) is 59.9 Å². The van der Waals surface area contributed by atoms with E-state index in [1.54, 1.807) is 0 Å². The van der Waals surface area contributed by atoms with Gasteiger partial charge in [0.1, 0.15) is 12.7 Å². The first kappa shape index (κ1) is 25.9. The topological polar surface area (TPSA) is 114 Å². The Hall–Kier alpha value is -1.68. The fourth-order valence-electron chi connectivity index (χ4n) is 2.60. The molecule has 1 rings (SSSR count). The van der Waals surface area contributed by atoms with Crippen molar-refractivity contribution in [2.45, 2.75) is 112 Å². The highest BCUT2D eigenvalue weighted by Gasteiger charge is 2.53. The molecule has 5 atom stereocenters. The molecule has 0 amide bonds. The summed E-state index contributed by atoms with van der Waals surface area (Å²) in [6.07, 6.45) is -5.50. The molecule has 0 N–H and O–H groups in total. The molecule has 0 aromatic carbocycles. The molecule has 10 heteroatoms. The summed E-state index contributed by atoms with van der Waals surface area (Å²) in [5.41, 5.74) is -4.90. The van der Waals surface area contributed by atoms with E-state index in [9.17, 15) is 19.2 Å². The monoisotopic (exact) mass is 582 g/mol. The van der Waals surface area contributed by atoms with Gasteiger partial charge in [-0.05, 0) is 83.0 Å². The van der Waals surface area contributed by atoms with Gasteiger partial charge >= 0.3 is 23.9 Å². The largest absolute Gasteiger partial charge is 0.462 e. The van der Waals surface area contributed by atoms with Crippen LogP contribution in [-0.2, 0) is 42.9 Å². The van der Waals surface area contributed by atoms with Crippen molar-refractivity contribution in [2.75, 3.05) is 6.61 Å². The van der Waals surface area contributed by atoms with Crippen molar-refractivity contribution in [3.63, 3.8) is 0 Å². The van der Waals surface area contributed by atoms with Crippen LogP contribution in [0.2, 0.25) is 0 Å². The Morgan fingerprint density at radius 3 is 1.44 bits per heavy atom. The third-order valence-electron chi connectivity index (χ3n) is 4.90. The van der Waals surface area contributed by atoms with Gasteiger partial charge in [0.25, 0.3) is 0 Å². The van der Waals surface area contributed by atoms with E-state index in [1.807, 2.05) is 0 Å². The molecule has 36 heavy (non-hydrogen) atoms. The summed E-state index contributed by atoms with van der Waals surface area (Å²) < 4.78 is 59.3. The molecule has 0 bridgehead atoms. The molecule has 9 nitrogen and oxygen atoms in total. The number of esters is 4. The molecule has 1 aliphatic heterocycles. The molecule has 0 aromatic heterocycles. The van der Waals surface area contributed by atoms with Gasteiger partial charge in [0.15, 0.2) is 23.3 Å². The number of alkyl halides is 1. The third-order valence-corrected chi connectivity index (χ3v) is 5.63. The lowest BCUT2D eigenvalue weighted by molar-refractivity contribution is -0.245. The van der Waals surface area contributed by atoms with Crippen molar-refractivity contribution in [2.24, 2.45) is 21.7 Å². The molecular formula is C26H43BrO9. The van der Waals surface area contributed by atoms with Crippen molar-refractivity contribution >= 4 is 39.8 Å². The highest BCUT2D eigenvalue weighted by atomic mass is 79.9. The van der Waals surface area contributed by atoms with Crippen LogP contribution < -0.4 is 0 Å². The highest BCUT2D eigenvalue weighted by molar-refractivity contribution is 9.09.